The lowest BCUT2D eigenvalue weighted by Crippen LogP contribution is -2.27. The third kappa shape index (κ3) is 7.04. The highest BCUT2D eigenvalue weighted by molar-refractivity contribution is 6.01. The fourth-order valence-electron chi connectivity index (χ4n) is 4.07. The third-order valence-electron chi connectivity index (χ3n) is 6.13. The highest BCUT2D eigenvalue weighted by Gasteiger charge is 2.16. The standard InChI is InChI=1S/C31H31N3O3/c1-22-14-16-24(17-15-22)23(2)37-31(36)34-21-25-9-3-4-11-27(25)28-12-5-6-13-29(28)30(35)33-20-18-26-10-7-8-19-32-26/h3-17,19,23H,18,20-21H2,1-2H3,(H,33,35)(H,34,36)/t23-/m0/s1. The zero-order valence-electron chi connectivity index (χ0n) is 21.1. The van der Waals surface area contributed by atoms with E-state index in [0.29, 0.717) is 18.5 Å². The fourth-order valence-corrected chi connectivity index (χ4v) is 4.07. The Bertz CT molecular complexity index is 1340. The van der Waals surface area contributed by atoms with Gasteiger partial charge in [-0.05, 0) is 54.3 Å². The molecule has 0 aliphatic rings. The molecule has 4 aromatic rings. The number of rotatable bonds is 9. The number of ether oxygens (including phenoxy) is 1. The van der Waals surface area contributed by atoms with E-state index in [-0.39, 0.29) is 18.6 Å². The average molecular weight is 494 g/mol. The number of nitrogens with one attached hydrogen (secondary N) is 2. The number of hydrogen-bond donors (Lipinski definition) is 2. The Morgan fingerprint density at radius 2 is 1.54 bits per heavy atom. The first-order valence-electron chi connectivity index (χ1n) is 12.4. The van der Waals surface area contributed by atoms with E-state index in [2.05, 4.69) is 15.6 Å². The highest BCUT2D eigenvalue weighted by atomic mass is 16.6. The van der Waals surface area contributed by atoms with E-state index >= 15 is 0 Å². The zero-order chi connectivity index (χ0) is 26.0. The topological polar surface area (TPSA) is 80.3 Å². The molecule has 0 saturated heterocycles. The summed E-state index contributed by atoms with van der Waals surface area (Å²) in [6, 6.07) is 28.9. The van der Waals surface area contributed by atoms with Crippen LogP contribution in [0.25, 0.3) is 11.1 Å². The van der Waals surface area contributed by atoms with Crippen molar-refractivity contribution in [1.29, 1.82) is 0 Å². The Morgan fingerprint density at radius 1 is 0.838 bits per heavy atom. The summed E-state index contributed by atoms with van der Waals surface area (Å²) in [5, 5.41) is 5.85. The first-order chi connectivity index (χ1) is 18.0. The van der Waals surface area contributed by atoms with Gasteiger partial charge in [-0.25, -0.2) is 4.79 Å². The third-order valence-corrected chi connectivity index (χ3v) is 6.13. The van der Waals surface area contributed by atoms with Gasteiger partial charge in [0.05, 0.1) is 0 Å². The molecule has 0 aliphatic carbocycles. The van der Waals surface area contributed by atoms with Crippen LogP contribution < -0.4 is 10.6 Å². The predicted molar refractivity (Wildman–Crippen MR) is 145 cm³/mol. The van der Waals surface area contributed by atoms with Gasteiger partial charge in [-0.2, -0.15) is 0 Å². The summed E-state index contributed by atoms with van der Waals surface area (Å²) >= 11 is 0. The number of amides is 2. The minimum absolute atomic E-state index is 0.152. The molecule has 0 fully saturated rings. The minimum atomic E-state index is -0.497. The smallest absolute Gasteiger partial charge is 0.408 e. The fraction of sp³-hybridized carbons (Fsp3) is 0.194. The number of benzene rings is 3. The molecule has 188 valence electrons. The molecule has 6 nitrogen and oxygen atoms in total. The summed E-state index contributed by atoms with van der Waals surface area (Å²) in [5.41, 5.74) is 6.16. The summed E-state index contributed by atoms with van der Waals surface area (Å²) < 4.78 is 5.57. The molecule has 1 atom stereocenters. The van der Waals surface area contributed by atoms with Crippen molar-refractivity contribution < 1.29 is 14.3 Å². The molecule has 3 aromatic carbocycles. The van der Waals surface area contributed by atoms with Gasteiger partial charge in [-0.1, -0.05) is 78.4 Å². The van der Waals surface area contributed by atoms with E-state index < -0.39 is 6.09 Å². The molecule has 4 rings (SSSR count). The van der Waals surface area contributed by atoms with Gasteiger partial charge in [0.25, 0.3) is 5.91 Å². The monoisotopic (exact) mass is 493 g/mol. The molecule has 0 saturated carbocycles. The second-order valence-electron chi connectivity index (χ2n) is 8.84. The van der Waals surface area contributed by atoms with Crippen molar-refractivity contribution in [2.24, 2.45) is 0 Å². The van der Waals surface area contributed by atoms with Gasteiger partial charge < -0.3 is 15.4 Å². The average Bonchev–Trinajstić information content (AvgIpc) is 2.93. The van der Waals surface area contributed by atoms with E-state index in [4.69, 9.17) is 4.74 Å². The summed E-state index contributed by atoms with van der Waals surface area (Å²) in [6.07, 6.45) is 1.53. The summed E-state index contributed by atoms with van der Waals surface area (Å²) in [6.45, 7) is 4.62. The summed E-state index contributed by atoms with van der Waals surface area (Å²) in [7, 11) is 0. The Labute approximate surface area is 217 Å². The lowest BCUT2D eigenvalue weighted by atomic mass is 9.95. The van der Waals surface area contributed by atoms with Gasteiger partial charge >= 0.3 is 6.09 Å². The van der Waals surface area contributed by atoms with Gasteiger partial charge in [0.1, 0.15) is 6.10 Å². The van der Waals surface area contributed by atoms with Crippen LogP contribution in [0, 0.1) is 6.92 Å². The normalized spacial score (nSPS) is 11.4. The molecule has 0 bridgehead atoms. The number of hydrogen-bond acceptors (Lipinski definition) is 4. The SMILES string of the molecule is Cc1ccc([C@H](C)OC(=O)NCc2ccccc2-c2ccccc2C(=O)NCCc2ccccn2)cc1. The number of alkyl carbamates (subject to hydrolysis) is 1. The number of carbonyl (C=O) groups is 2. The maximum absolute atomic E-state index is 13.1. The number of aryl methyl sites for hydroxylation is 1. The number of aromatic nitrogens is 1. The van der Waals surface area contributed by atoms with Crippen LogP contribution in [-0.2, 0) is 17.7 Å². The van der Waals surface area contributed by atoms with Crippen molar-refractivity contribution in [1.82, 2.24) is 15.6 Å². The highest BCUT2D eigenvalue weighted by Crippen LogP contribution is 2.27. The Kier molecular flexibility index (Phi) is 8.66. The number of carbonyl (C=O) groups excluding carboxylic acids is 2. The van der Waals surface area contributed by atoms with Crippen LogP contribution in [0.15, 0.2) is 97.2 Å². The molecule has 1 heterocycles. The van der Waals surface area contributed by atoms with E-state index in [9.17, 15) is 9.59 Å². The Morgan fingerprint density at radius 3 is 2.30 bits per heavy atom. The molecular weight excluding hydrogens is 462 g/mol. The molecule has 0 aliphatic heterocycles. The van der Waals surface area contributed by atoms with E-state index in [1.165, 1.54) is 0 Å². The number of nitrogens with zero attached hydrogens (tertiary/aromatic N) is 1. The molecule has 0 unspecified atom stereocenters. The van der Waals surface area contributed by atoms with Crippen LogP contribution in [0.2, 0.25) is 0 Å². The van der Waals surface area contributed by atoms with Crippen LogP contribution in [-0.4, -0.2) is 23.5 Å². The zero-order valence-corrected chi connectivity index (χ0v) is 21.1. The maximum atomic E-state index is 13.1. The van der Waals surface area contributed by atoms with Crippen LogP contribution in [0.1, 0.15) is 45.8 Å². The van der Waals surface area contributed by atoms with Gasteiger partial charge in [-0.15, -0.1) is 0 Å². The van der Waals surface area contributed by atoms with Crippen molar-refractivity contribution in [2.45, 2.75) is 32.9 Å². The van der Waals surface area contributed by atoms with Gasteiger partial charge in [0, 0.05) is 37.0 Å². The molecule has 0 radical (unpaired) electrons. The van der Waals surface area contributed by atoms with E-state index in [1.54, 1.807) is 6.20 Å². The van der Waals surface area contributed by atoms with Crippen molar-refractivity contribution in [3.63, 3.8) is 0 Å². The quantitative estimate of drug-likeness (QED) is 0.299. The molecule has 37 heavy (non-hydrogen) atoms. The summed E-state index contributed by atoms with van der Waals surface area (Å²) in [5.74, 6) is -0.152. The van der Waals surface area contributed by atoms with Crippen molar-refractivity contribution in [2.75, 3.05) is 6.54 Å². The largest absolute Gasteiger partial charge is 0.442 e. The first-order valence-corrected chi connectivity index (χ1v) is 12.4. The van der Waals surface area contributed by atoms with Gasteiger partial charge in [-0.3, -0.25) is 9.78 Å². The predicted octanol–water partition coefficient (Wildman–Crippen LogP) is 6.02. The number of pyridine rings is 1. The molecule has 0 spiro atoms. The summed E-state index contributed by atoms with van der Waals surface area (Å²) in [4.78, 5) is 29.9. The van der Waals surface area contributed by atoms with Crippen molar-refractivity contribution in [3.05, 3.63) is 125 Å². The van der Waals surface area contributed by atoms with Crippen LogP contribution in [0.3, 0.4) is 0 Å². The van der Waals surface area contributed by atoms with Crippen LogP contribution in [0.5, 0.6) is 0 Å². The molecule has 2 amide bonds. The molecular formula is C31H31N3O3. The van der Waals surface area contributed by atoms with Crippen LogP contribution >= 0.6 is 0 Å². The van der Waals surface area contributed by atoms with Crippen molar-refractivity contribution in [3.8, 4) is 11.1 Å². The second kappa shape index (κ2) is 12.5. The Hall–Kier alpha value is -4.45. The second-order valence-corrected chi connectivity index (χ2v) is 8.84. The lowest BCUT2D eigenvalue weighted by Gasteiger charge is -2.16. The van der Waals surface area contributed by atoms with Gasteiger partial charge in [0.2, 0.25) is 0 Å². The van der Waals surface area contributed by atoms with E-state index in [1.807, 2.05) is 105 Å². The minimum Gasteiger partial charge on any atom is -0.442 e. The first kappa shape index (κ1) is 25.6. The lowest BCUT2D eigenvalue weighted by molar-refractivity contribution is 0.0954. The Balaban J connectivity index is 1.42. The molecule has 1 aromatic heterocycles. The van der Waals surface area contributed by atoms with Crippen LogP contribution in [0.4, 0.5) is 4.79 Å². The van der Waals surface area contributed by atoms with E-state index in [0.717, 1.165) is 33.5 Å². The molecule has 6 heteroatoms. The van der Waals surface area contributed by atoms with Crippen molar-refractivity contribution >= 4 is 12.0 Å². The maximum Gasteiger partial charge on any atom is 0.408 e. The molecule has 2 N–H and O–H groups in total. The van der Waals surface area contributed by atoms with Gasteiger partial charge in [0.15, 0.2) is 0 Å².